The first-order chi connectivity index (χ1) is 5.98. The van der Waals surface area contributed by atoms with E-state index in [9.17, 15) is 9.36 Å². The quantitative estimate of drug-likeness (QED) is 0.256. The fourth-order valence-corrected chi connectivity index (χ4v) is 1.51. The van der Waals surface area contributed by atoms with Crippen LogP contribution in [0.1, 0.15) is 12.8 Å². The van der Waals surface area contributed by atoms with Gasteiger partial charge in [-0.3, -0.25) is 9.36 Å². The highest BCUT2D eigenvalue weighted by atomic mass is 31.2. The minimum absolute atomic E-state index is 0.0518. The Kier molecular flexibility index (Phi) is 5.85. The van der Waals surface area contributed by atoms with Crippen molar-refractivity contribution in [2.75, 3.05) is 12.9 Å². The SMILES string of the molecule is O=C(O)CCCP(=O)(O)ONCO. The number of rotatable bonds is 7. The largest absolute Gasteiger partial charge is 0.481 e. The van der Waals surface area contributed by atoms with E-state index in [-0.39, 0.29) is 19.0 Å². The van der Waals surface area contributed by atoms with E-state index in [0.29, 0.717) is 0 Å². The van der Waals surface area contributed by atoms with Gasteiger partial charge in [0.15, 0.2) is 0 Å². The third-order valence-electron chi connectivity index (χ3n) is 1.10. The van der Waals surface area contributed by atoms with Crippen molar-refractivity contribution in [3.05, 3.63) is 0 Å². The number of carboxylic acids is 1. The summed E-state index contributed by atoms with van der Waals surface area (Å²) >= 11 is 0. The summed E-state index contributed by atoms with van der Waals surface area (Å²) in [6, 6.07) is 0. The van der Waals surface area contributed by atoms with Gasteiger partial charge in [0.25, 0.3) is 0 Å². The van der Waals surface area contributed by atoms with Gasteiger partial charge in [-0.2, -0.15) is 5.48 Å². The lowest BCUT2D eigenvalue weighted by atomic mass is 10.3. The molecular formula is C5H12NO6P. The first-order valence-corrected chi connectivity index (χ1v) is 5.30. The number of hydrogen-bond acceptors (Lipinski definition) is 5. The number of hydroxylamine groups is 1. The second-order valence-electron chi connectivity index (χ2n) is 2.25. The van der Waals surface area contributed by atoms with Crippen LogP contribution in [0.3, 0.4) is 0 Å². The molecule has 0 heterocycles. The maximum Gasteiger partial charge on any atom is 0.344 e. The number of hydrogen-bond donors (Lipinski definition) is 4. The molecule has 1 unspecified atom stereocenters. The lowest BCUT2D eigenvalue weighted by Crippen LogP contribution is -2.14. The predicted molar refractivity (Wildman–Crippen MR) is 42.9 cm³/mol. The highest BCUT2D eigenvalue weighted by Crippen LogP contribution is 2.41. The van der Waals surface area contributed by atoms with E-state index in [0.717, 1.165) is 0 Å². The Labute approximate surface area is 74.8 Å². The lowest BCUT2D eigenvalue weighted by molar-refractivity contribution is -0.137. The standard InChI is InChI=1S/C5H12NO6P/c7-4-6-12-13(10,11)3-1-2-5(8)9/h6-7H,1-4H2,(H,8,9)(H,10,11). The molecule has 0 aromatic rings. The molecule has 0 fully saturated rings. The van der Waals surface area contributed by atoms with E-state index in [1.54, 1.807) is 0 Å². The van der Waals surface area contributed by atoms with Gasteiger partial charge in [0.05, 0.1) is 6.16 Å². The molecule has 13 heavy (non-hydrogen) atoms. The van der Waals surface area contributed by atoms with Gasteiger partial charge >= 0.3 is 13.6 Å². The first-order valence-electron chi connectivity index (χ1n) is 3.54. The van der Waals surface area contributed by atoms with E-state index >= 15 is 0 Å². The molecule has 4 N–H and O–H groups in total. The average Bonchev–Trinajstić information content (AvgIpc) is 2.00. The highest BCUT2D eigenvalue weighted by Gasteiger charge is 2.19. The lowest BCUT2D eigenvalue weighted by Gasteiger charge is -2.09. The van der Waals surface area contributed by atoms with Crippen LogP contribution in [0, 0.1) is 0 Å². The number of carbonyl (C=O) groups is 1. The van der Waals surface area contributed by atoms with Crippen molar-refractivity contribution in [1.29, 1.82) is 0 Å². The van der Waals surface area contributed by atoms with Gasteiger partial charge < -0.3 is 15.1 Å². The highest BCUT2D eigenvalue weighted by molar-refractivity contribution is 7.52. The average molecular weight is 213 g/mol. The van der Waals surface area contributed by atoms with Crippen LogP contribution in [0.25, 0.3) is 0 Å². The maximum absolute atomic E-state index is 10.9. The number of nitrogens with one attached hydrogen (secondary N) is 1. The molecule has 0 spiro atoms. The van der Waals surface area contributed by atoms with Crippen LogP contribution in [0.15, 0.2) is 0 Å². The molecule has 8 heteroatoms. The Bertz CT molecular complexity index is 207. The summed E-state index contributed by atoms with van der Waals surface area (Å²) in [6.07, 6.45) is -0.393. The molecule has 0 amide bonds. The Morgan fingerprint density at radius 2 is 2.15 bits per heavy atom. The fourth-order valence-electron chi connectivity index (χ4n) is 0.605. The van der Waals surface area contributed by atoms with Gasteiger partial charge in [0.1, 0.15) is 6.73 Å². The zero-order valence-electron chi connectivity index (χ0n) is 6.84. The predicted octanol–water partition coefficient (Wildman–Crippen LogP) is -0.492. The van der Waals surface area contributed by atoms with Crippen LogP contribution in [0.4, 0.5) is 0 Å². The molecule has 0 aliphatic heterocycles. The Morgan fingerprint density at radius 1 is 1.54 bits per heavy atom. The van der Waals surface area contributed by atoms with Crippen molar-refractivity contribution in [1.82, 2.24) is 5.48 Å². The molecule has 0 saturated heterocycles. The summed E-state index contributed by atoms with van der Waals surface area (Å²) in [5.74, 6) is -1.03. The van der Waals surface area contributed by atoms with Gasteiger partial charge in [0.2, 0.25) is 0 Å². The minimum atomic E-state index is -3.80. The third-order valence-corrected chi connectivity index (χ3v) is 2.40. The second kappa shape index (κ2) is 6.06. The fraction of sp³-hybridized carbons (Fsp3) is 0.800. The summed E-state index contributed by atoms with van der Waals surface area (Å²) < 4.78 is 15.1. The van der Waals surface area contributed by atoms with Crippen molar-refractivity contribution < 1.29 is 29.1 Å². The third kappa shape index (κ3) is 7.89. The molecule has 0 bridgehead atoms. The smallest absolute Gasteiger partial charge is 0.344 e. The summed E-state index contributed by atoms with van der Waals surface area (Å²) in [4.78, 5) is 19.0. The van der Waals surface area contributed by atoms with Crippen molar-refractivity contribution in [2.24, 2.45) is 0 Å². The van der Waals surface area contributed by atoms with Crippen LogP contribution >= 0.6 is 7.60 Å². The Balaban J connectivity index is 3.63. The van der Waals surface area contributed by atoms with Gasteiger partial charge in [0, 0.05) is 6.42 Å². The molecule has 0 aliphatic carbocycles. The van der Waals surface area contributed by atoms with E-state index in [2.05, 4.69) is 4.62 Å². The molecule has 0 aromatic heterocycles. The monoisotopic (exact) mass is 213 g/mol. The van der Waals surface area contributed by atoms with Crippen molar-refractivity contribution in [3.63, 3.8) is 0 Å². The zero-order valence-corrected chi connectivity index (χ0v) is 7.74. The molecule has 0 aromatic carbocycles. The maximum atomic E-state index is 10.9. The second-order valence-corrected chi connectivity index (χ2v) is 4.16. The van der Waals surface area contributed by atoms with Crippen molar-refractivity contribution in [2.45, 2.75) is 12.8 Å². The summed E-state index contributed by atoms with van der Waals surface area (Å²) in [5.41, 5.74) is 1.82. The first kappa shape index (κ1) is 12.5. The molecule has 1 atom stereocenters. The summed E-state index contributed by atoms with van der Waals surface area (Å²) in [5, 5.41) is 16.4. The Hall–Kier alpha value is -0.460. The Morgan fingerprint density at radius 3 is 2.62 bits per heavy atom. The molecule has 0 aliphatic rings. The number of carboxylic acid groups (broad SMARTS) is 1. The van der Waals surface area contributed by atoms with E-state index in [1.807, 2.05) is 5.48 Å². The van der Waals surface area contributed by atoms with Crippen molar-refractivity contribution >= 4 is 13.6 Å². The van der Waals surface area contributed by atoms with Crippen LogP contribution in [0.2, 0.25) is 0 Å². The number of aliphatic hydroxyl groups is 1. The molecule has 7 nitrogen and oxygen atoms in total. The molecular weight excluding hydrogens is 201 g/mol. The van der Waals surface area contributed by atoms with E-state index < -0.39 is 20.3 Å². The molecule has 0 rings (SSSR count). The van der Waals surface area contributed by atoms with Gasteiger partial charge in [-0.25, -0.2) is 4.62 Å². The van der Waals surface area contributed by atoms with E-state index in [1.165, 1.54) is 0 Å². The number of aliphatic carboxylic acids is 1. The van der Waals surface area contributed by atoms with Crippen LogP contribution in [-0.2, 0) is 14.0 Å². The van der Waals surface area contributed by atoms with Crippen LogP contribution in [-0.4, -0.2) is 34.0 Å². The topological polar surface area (TPSA) is 116 Å². The van der Waals surface area contributed by atoms with Crippen LogP contribution < -0.4 is 5.48 Å². The summed E-state index contributed by atoms with van der Waals surface area (Å²) in [6.45, 7) is -0.580. The molecule has 0 radical (unpaired) electrons. The summed E-state index contributed by atoms with van der Waals surface area (Å²) in [7, 11) is -3.80. The number of aliphatic hydroxyl groups excluding tert-OH is 1. The minimum Gasteiger partial charge on any atom is -0.481 e. The van der Waals surface area contributed by atoms with Crippen molar-refractivity contribution in [3.8, 4) is 0 Å². The van der Waals surface area contributed by atoms with Crippen LogP contribution in [0.5, 0.6) is 0 Å². The van der Waals surface area contributed by atoms with Gasteiger partial charge in [-0.05, 0) is 6.42 Å². The molecule has 0 saturated carbocycles. The van der Waals surface area contributed by atoms with E-state index in [4.69, 9.17) is 15.1 Å². The molecule has 78 valence electrons. The normalized spacial score (nSPS) is 15.2. The van der Waals surface area contributed by atoms with Gasteiger partial charge in [-0.1, -0.05) is 0 Å². The van der Waals surface area contributed by atoms with Gasteiger partial charge in [-0.15, -0.1) is 0 Å². The zero-order chi connectivity index (χ0) is 10.3.